The van der Waals surface area contributed by atoms with Gasteiger partial charge in [0.05, 0.1) is 5.60 Å². The fourth-order valence-corrected chi connectivity index (χ4v) is 1.90. The number of ketones is 1. The minimum atomic E-state index is -0.0671. The molecule has 2 rings (SSSR count). The topological polar surface area (TPSA) is 38.3 Å². The lowest BCUT2D eigenvalue weighted by atomic mass is 9.89. The van der Waals surface area contributed by atoms with Crippen molar-refractivity contribution in [2.24, 2.45) is 0 Å². The molecule has 0 aliphatic carbocycles. The van der Waals surface area contributed by atoms with E-state index in [4.69, 9.17) is 4.74 Å². The predicted molar refractivity (Wildman–Crippen MR) is 51.8 cm³/mol. The standard InChI is InChI=1S/C8H13NO2.C2H6/c10-7-5-8(11-6-7)1-3-9-4-2-8;1-2/h9H,1-6H2;1-2H3. The van der Waals surface area contributed by atoms with Gasteiger partial charge in [-0.15, -0.1) is 0 Å². The highest BCUT2D eigenvalue weighted by Gasteiger charge is 2.40. The van der Waals surface area contributed by atoms with Crippen LogP contribution < -0.4 is 5.32 Å². The van der Waals surface area contributed by atoms with Gasteiger partial charge in [0.15, 0.2) is 5.78 Å². The molecule has 2 aliphatic rings. The quantitative estimate of drug-likeness (QED) is 0.614. The average Bonchev–Trinajstić information content (AvgIpc) is 2.52. The molecule has 0 aromatic rings. The van der Waals surface area contributed by atoms with Crippen LogP contribution in [0, 0.1) is 0 Å². The second-order valence-corrected chi connectivity index (χ2v) is 3.44. The zero-order valence-corrected chi connectivity index (χ0v) is 8.56. The highest BCUT2D eigenvalue weighted by molar-refractivity contribution is 5.82. The van der Waals surface area contributed by atoms with Crippen molar-refractivity contribution in [2.75, 3.05) is 19.7 Å². The zero-order valence-electron chi connectivity index (χ0n) is 8.56. The molecule has 0 atom stereocenters. The molecule has 13 heavy (non-hydrogen) atoms. The van der Waals surface area contributed by atoms with Gasteiger partial charge >= 0.3 is 0 Å². The largest absolute Gasteiger partial charge is 0.367 e. The van der Waals surface area contributed by atoms with Crippen LogP contribution in [0.2, 0.25) is 0 Å². The molecule has 2 fully saturated rings. The van der Waals surface area contributed by atoms with E-state index in [0.29, 0.717) is 13.0 Å². The third-order valence-electron chi connectivity index (χ3n) is 2.57. The minimum absolute atomic E-state index is 0.0671. The van der Waals surface area contributed by atoms with Gasteiger partial charge < -0.3 is 10.1 Å². The Morgan fingerprint density at radius 2 is 1.92 bits per heavy atom. The average molecular weight is 185 g/mol. The Morgan fingerprint density at radius 1 is 1.31 bits per heavy atom. The molecule has 2 heterocycles. The summed E-state index contributed by atoms with van der Waals surface area (Å²) in [4.78, 5) is 11.0. The Hall–Kier alpha value is -0.410. The van der Waals surface area contributed by atoms with E-state index in [1.807, 2.05) is 13.8 Å². The van der Waals surface area contributed by atoms with Gasteiger partial charge in [0.2, 0.25) is 0 Å². The van der Waals surface area contributed by atoms with Crippen LogP contribution in [0.4, 0.5) is 0 Å². The molecule has 0 amide bonds. The first-order chi connectivity index (χ1) is 6.31. The van der Waals surface area contributed by atoms with Gasteiger partial charge in [-0.05, 0) is 25.9 Å². The molecule has 0 saturated carbocycles. The SMILES string of the molecule is CC.O=C1COC2(CCNCC2)C1. The lowest BCUT2D eigenvalue weighted by Gasteiger charge is -2.31. The Balaban J connectivity index is 0.000000396. The third-order valence-corrected chi connectivity index (χ3v) is 2.57. The maximum Gasteiger partial charge on any atom is 0.161 e. The first-order valence-corrected chi connectivity index (χ1v) is 5.17. The lowest BCUT2D eigenvalue weighted by molar-refractivity contribution is -0.117. The van der Waals surface area contributed by atoms with Gasteiger partial charge in [-0.1, -0.05) is 13.8 Å². The van der Waals surface area contributed by atoms with E-state index < -0.39 is 0 Å². The number of carbonyl (C=O) groups excluding carboxylic acids is 1. The molecule has 2 aliphatic heterocycles. The molecule has 1 spiro atoms. The van der Waals surface area contributed by atoms with Crippen molar-refractivity contribution < 1.29 is 9.53 Å². The van der Waals surface area contributed by atoms with Crippen LogP contribution in [0.5, 0.6) is 0 Å². The van der Waals surface area contributed by atoms with Crippen LogP contribution in [-0.4, -0.2) is 31.1 Å². The van der Waals surface area contributed by atoms with Gasteiger partial charge in [-0.25, -0.2) is 0 Å². The third kappa shape index (κ3) is 2.51. The minimum Gasteiger partial charge on any atom is -0.367 e. The van der Waals surface area contributed by atoms with E-state index in [-0.39, 0.29) is 11.4 Å². The summed E-state index contributed by atoms with van der Waals surface area (Å²) >= 11 is 0. The fourth-order valence-electron chi connectivity index (χ4n) is 1.90. The first kappa shape index (κ1) is 10.7. The van der Waals surface area contributed by atoms with Crippen LogP contribution in [0.15, 0.2) is 0 Å². The highest BCUT2D eigenvalue weighted by Crippen LogP contribution is 2.31. The molecular formula is C10H19NO2. The Bertz CT molecular complexity index is 174. The maximum absolute atomic E-state index is 11.0. The molecule has 2 saturated heterocycles. The normalized spacial score (nSPS) is 25.5. The summed E-state index contributed by atoms with van der Waals surface area (Å²) in [6.07, 6.45) is 2.64. The number of carbonyl (C=O) groups is 1. The predicted octanol–water partition coefficient (Wildman–Crippen LogP) is 1.12. The summed E-state index contributed by atoms with van der Waals surface area (Å²) in [5.74, 6) is 0.270. The monoisotopic (exact) mass is 185 g/mol. The summed E-state index contributed by atoms with van der Waals surface area (Å²) in [5, 5.41) is 3.26. The van der Waals surface area contributed by atoms with E-state index in [9.17, 15) is 4.79 Å². The molecular weight excluding hydrogens is 166 g/mol. The lowest BCUT2D eigenvalue weighted by Crippen LogP contribution is -2.41. The number of hydrogen-bond donors (Lipinski definition) is 1. The van der Waals surface area contributed by atoms with Crippen LogP contribution in [-0.2, 0) is 9.53 Å². The Labute approximate surface area is 79.8 Å². The highest BCUT2D eigenvalue weighted by atomic mass is 16.5. The molecule has 3 heteroatoms. The van der Waals surface area contributed by atoms with Crippen molar-refractivity contribution in [1.29, 1.82) is 0 Å². The van der Waals surface area contributed by atoms with E-state index in [0.717, 1.165) is 25.9 Å². The number of rotatable bonds is 0. The molecule has 0 unspecified atom stereocenters. The number of ether oxygens (including phenoxy) is 1. The van der Waals surface area contributed by atoms with Gasteiger partial charge in [0.1, 0.15) is 6.61 Å². The van der Waals surface area contributed by atoms with E-state index in [2.05, 4.69) is 5.32 Å². The molecule has 0 bridgehead atoms. The second kappa shape index (κ2) is 4.72. The van der Waals surface area contributed by atoms with Crippen molar-refractivity contribution >= 4 is 5.78 Å². The van der Waals surface area contributed by atoms with E-state index >= 15 is 0 Å². The van der Waals surface area contributed by atoms with E-state index in [1.165, 1.54) is 0 Å². The van der Waals surface area contributed by atoms with Gasteiger partial charge in [0.25, 0.3) is 0 Å². The summed E-state index contributed by atoms with van der Waals surface area (Å²) in [7, 11) is 0. The van der Waals surface area contributed by atoms with Crippen LogP contribution in [0.1, 0.15) is 33.1 Å². The number of nitrogens with one attached hydrogen (secondary N) is 1. The molecule has 3 nitrogen and oxygen atoms in total. The molecule has 0 aromatic heterocycles. The Morgan fingerprint density at radius 3 is 2.38 bits per heavy atom. The second-order valence-electron chi connectivity index (χ2n) is 3.44. The zero-order chi connectivity index (χ0) is 9.73. The summed E-state index contributed by atoms with van der Waals surface area (Å²) < 4.78 is 5.50. The van der Waals surface area contributed by atoms with Crippen molar-refractivity contribution in [3.63, 3.8) is 0 Å². The van der Waals surface area contributed by atoms with Crippen LogP contribution >= 0.6 is 0 Å². The Kier molecular flexibility index (Phi) is 3.88. The van der Waals surface area contributed by atoms with E-state index in [1.54, 1.807) is 0 Å². The number of piperidine rings is 1. The molecule has 0 radical (unpaired) electrons. The summed E-state index contributed by atoms with van der Waals surface area (Å²) in [6.45, 7) is 6.33. The molecule has 76 valence electrons. The van der Waals surface area contributed by atoms with Crippen molar-refractivity contribution in [3.8, 4) is 0 Å². The first-order valence-electron chi connectivity index (χ1n) is 5.17. The molecule has 1 N–H and O–H groups in total. The van der Waals surface area contributed by atoms with Gasteiger partial charge in [-0.2, -0.15) is 0 Å². The number of hydrogen-bond acceptors (Lipinski definition) is 3. The van der Waals surface area contributed by atoms with Crippen LogP contribution in [0.3, 0.4) is 0 Å². The smallest absolute Gasteiger partial charge is 0.161 e. The van der Waals surface area contributed by atoms with Crippen molar-refractivity contribution in [2.45, 2.75) is 38.7 Å². The summed E-state index contributed by atoms with van der Waals surface area (Å²) in [6, 6.07) is 0. The number of Topliss-reactive ketones (excluding diaryl/α,β-unsaturated/α-hetero) is 1. The molecule has 0 aromatic carbocycles. The maximum atomic E-state index is 11.0. The van der Waals surface area contributed by atoms with Crippen LogP contribution in [0.25, 0.3) is 0 Å². The fraction of sp³-hybridized carbons (Fsp3) is 0.900. The van der Waals surface area contributed by atoms with Gasteiger partial charge in [-0.3, -0.25) is 4.79 Å². The van der Waals surface area contributed by atoms with Crippen molar-refractivity contribution in [1.82, 2.24) is 5.32 Å². The van der Waals surface area contributed by atoms with Gasteiger partial charge in [0, 0.05) is 6.42 Å². The summed E-state index contributed by atoms with van der Waals surface area (Å²) in [5.41, 5.74) is -0.0671. The van der Waals surface area contributed by atoms with Crippen molar-refractivity contribution in [3.05, 3.63) is 0 Å².